The lowest BCUT2D eigenvalue weighted by Crippen LogP contribution is -2.46. The number of hydrogen-bond acceptors (Lipinski definition) is 3. The minimum Gasteiger partial charge on any atom is -0.484 e. The van der Waals surface area contributed by atoms with Crippen molar-refractivity contribution in [2.24, 2.45) is 0 Å². The molecule has 34 heavy (non-hydrogen) atoms. The molecule has 1 saturated heterocycles. The zero-order chi connectivity index (χ0) is 23.7. The summed E-state index contributed by atoms with van der Waals surface area (Å²) in [6, 6.07) is 20.3. The molecule has 3 aromatic rings. The first-order valence-corrected chi connectivity index (χ1v) is 12.1. The number of fused-ring (bicyclic) bond motifs is 2. The molecule has 0 N–H and O–H groups in total. The summed E-state index contributed by atoms with van der Waals surface area (Å²) in [7, 11) is 0. The molecule has 6 heteroatoms. The van der Waals surface area contributed by atoms with Crippen molar-refractivity contribution in [2.45, 2.75) is 31.7 Å². The minimum atomic E-state index is -0.193. The molecule has 1 amide bonds. The van der Waals surface area contributed by atoms with Gasteiger partial charge in [-0.1, -0.05) is 41.4 Å². The third-order valence-corrected chi connectivity index (χ3v) is 7.31. The number of likely N-dealkylation sites (tertiary alicyclic amines) is 1. The molecule has 0 aliphatic carbocycles. The molecular weight excluding hydrogens is 451 g/mol. The maximum absolute atomic E-state index is 13.6. The van der Waals surface area contributed by atoms with Crippen LogP contribution >= 0.6 is 11.6 Å². The van der Waals surface area contributed by atoms with E-state index in [1.54, 1.807) is 36.4 Å². The number of benzene rings is 3. The van der Waals surface area contributed by atoms with Crippen LogP contribution in [0.4, 0.5) is 10.1 Å². The third kappa shape index (κ3) is 4.68. The second-order valence-corrected chi connectivity index (χ2v) is 9.87. The number of anilines is 1. The molecule has 2 aliphatic heterocycles. The maximum atomic E-state index is 13.6. The summed E-state index contributed by atoms with van der Waals surface area (Å²) >= 11 is 5.94. The average molecular weight is 479 g/mol. The molecular formula is C28H28ClFN2O2. The van der Waals surface area contributed by atoms with Gasteiger partial charge in [-0.15, -0.1) is 0 Å². The van der Waals surface area contributed by atoms with E-state index in [2.05, 4.69) is 30.0 Å². The summed E-state index contributed by atoms with van der Waals surface area (Å²) in [6.07, 6.45) is 1.92. The molecule has 0 radical (unpaired) electrons. The molecule has 0 atom stereocenters. The normalized spacial score (nSPS) is 17.1. The Balaban J connectivity index is 1.29. The number of carbonyl (C=O) groups excluding carboxylic acids is 1. The van der Waals surface area contributed by atoms with Gasteiger partial charge in [0.05, 0.1) is 0 Å². The SMILES string of the molecule is Cc1ccc2c(c1)C1(CCN(Cc3cccc(F)c3)CC1)CN2C(=O)COc1ccc(Cl)cc1. The van der Waals surface area contributed by atoms with Crippen LogP contribution in [0.1, 0.15) is 29.5 Å². The lowest BCUT2D eigenvalue weighted by atomic mass is 9.74. The van der Waals surface area contributed by atoms with Crippen LogP contribution in [0.25, 0.3) is 0 Å². The summed E-state index contributed by atoms with van der Waals surface area (Å²) in [5.74, 6) is 0.390. The minimum absolute atomic E-state index is 0.0171. The topological polar surface area (TPSA) is 32.8 Å². The number of piperidine rings is 1. The van der Waals surface area contributed by atoms with E-state index in [-0.39, 0.29) is 23.7 Å². The highest BCUT2D eigenvalue weighted by Crippen LogP contribution is 2.47. The lowest BCUT2D eigenvalue weighted by molar-refractivity contribution is -0.120. The van der Waals surface area contributed by atoms with Gasteiger partial charge in [0.15, 0.2) is 6.61 Å². The number of amides is 1. The quantitative estimate of drug-likeness (QED) is 0.468. The Morgan fingerprint density at radius 3 is 2.56 bits per heavy atom. The van der Waals surface area contributed by atoms with Gasteiger partial charge in [-0.25, -0.2) is 4.39 Å². The Kier molecular flexibility index (Phi) is 6.32. The number of rotatable bonds is 5. The second kappa shape index (κ2) is 9.40. The molecule has 0 aromatic heterocycles. The van der Waals surface area contributed by atoms with E-state index in [0.717, 1.165) is 43.7 Å². The number of carbonyl (C=O) groups is 1. The molecule has 0 unspecified atom stereocenters. The highest BCUT2D eigenvalue weighted by Gasteiger charge is 2.46. The Hall–Kier alpha value is -2.89. The van der Waals surface area contributed by atoms with E-state index < -0.39 is 0 Å². The highest BCUT2D eigenvalue weighted by atomic mass is 35.5. The summed E-state index contributed by atoms with van der Waals surface area (Å²) in [5.41, 5.74) is 4.39. The summed E-state index contributed by atoms with van der Waals surface area (Å²) in [6.45, 7) is 5.31. The molecule has 1 spiro atoms. The Labute approximate surface area is 204 Å². The fourth-order valence-corrected chi connectivity index (χ4v) is 5.35. The number of ether oxygens (including phenoxy) is 1. The van der Waals surface area contributed by atoms with Crippen LogP contribution < -0.4 is 9.64 Å². The van der Waals surface area contributed by atoms with Gasteiger partial charge in [0.2, 0.25) is 0 Å². The van der Waals surface area contributed by atoms with Crippen molar-refractivity contribution in [2.75, 3.05) is 31.1 Å². The Bertz CT molecular complexity index is 1190. The van der Waals surface area contributed by atoms with Crippen LogP contribution in [0.2, 0.25) is 5.02 Å². The van der Waals surface area contributed by atoms with E-state index in [0.29, 0.717) is 17.3 Å². The molecule has 0 saturated carbocycles. The van der Waals surface area contributed by atoms with Crippen molar-refractivity contribution in [3.8, 4) is 5.75 Å². The zero-order valence-electron chi connectivity index (χ0n) is 19.3. The van der Waals surface area contributed by atoms with Gasteiger partial charge in [-0.3, -0.25) is 9.69 Å². The van der Waals surface area contributed by atoms with E-state index in [9.17, 15) is 9.18 Å². The molecule has 176 valence electrons. The number of hydrogen-bond donors (Lipinski definition) is 0. The molecule has 2 heterocycles. The van der Waals surface area contributed by atoms with Crippen LogP contribution in [0, 0.1) is 12.7 Å². The van der Waals surface area contributed by atoms with Crippen molar-refractivity contribution in [1.82, 2.24) is 4.90 Å². The third-order valence-electron chi connectivity index (χ3n) is 7.06. The van der Waals surface area contributed by atoms with Crippen LogP contribution in [0.5, 0.6) is 5.75 Å². The van der Waals surface area contributed by atoms with Crippen molar-refractivity contribution < 1.29 is 13.9 Å². The number of halogens is 2. The van der Waals surface area contributed by atoms with Crippen LogP contribution in [-0.2, 0) is 16.8 Å². The van der Waals surface area contributed by atoms with Gasteiger partial charge in [-0.2, -0.15) is 0 Å². The molecule has 5 rings (SSSR count). The average Bonchev–Trinajstić information content (AvgIpc) is 3.13. The van der Waals surface area contributed by atoms with Gasteiger partial charge in [0.25, 0.3) is 5.91 Å². The smallest absolute Gasteiger partial charge is 0.264 e. The second-order valence-electron chi connectivity index (χ2n) is 9.43. The molecule has 4 nitrogen and oxygen atoms in total. The van der Waals surface area contributed by atoms with E-state index in [4.69, 9.17) is 16.3 Å². The van der Waals surface area contributed by atoms with Crippen molar-refractivity contribution in [1.29, 1.82) is 0 Å². The van der Waals surface area contributed by atoms with Crippen molar-refractivity contribution in [3.63, 3.8) is 0 Å². The van der Waals surface area contributed by atoms with E-state index >= 15 is 0 Å². The summed E-state index contributed by atoms with van der Waals surface area (Å²) < 4.78 is 19.4. The monoisotopic (exact) mass is 478 g/mol. The van der Waals surface area contributed by atoms with Gasteiger partial charge >= 0.3 is 0 Å². The predicted octanol–water partition coefficient (Wildman–Crippen LogP) is 5.75. The molecule has 0 bridgehead atoms. The largest absolute Gasteiger partial charge is 0.484 e. The van der Waals surface area contributed by atoms with Crippen LogP contribution in [-0.4, -0.2) is 37.0 Å². The van der Waals surface area contributed by atoms with Crippen LogP contribution in [0.15, 0.2) is 66.7 Å². The summed E-state index contributed by atoms with van der Waals surface area (Å²) in [5, 5.41) is 0.633. The summed E-state index contributed by atoms with van der Waals surface area (Å²) in [4.78, 5) is 17.5. The first-order valence-electron chi connectivity index (χ1n) is 11.7. The van der Waals surface area contributed by atoms with Crippen molar-refractivity contribution in [3.05, 3.63) is 94.3 Å². The van der Waals surface area contributed by atoms with E-state index in [1.807, 2.05) is 11.0 Å². The van der Waals surface area contributed by atoms with Gasteiger partial charge < -0.3 is 9.64 Å². The number of aryl methyl sites for hydroxylation is 1. The van der Waals surface area contributed by atoms with Gasteiger partial charge in [0.1, 0.15) is 11.6 Å². The maximum Gasteiger partial charge on any atom is 0.264 e. The van der Waals surface area contributed by atoms with Gasteiger partial charge in [0, 0.05) is 29.2 Å². The predicted molar refractivity (Wildman–Crippen MR) is 133 cm³/mol. The molecule has 1 fully saturated rings. The van der Waals surface area contributed by atoms with E-state index in [1.165, 1.54) is 17.2 Å². The standard InChI is InChI=1S/C28H28ClFN2O2/c1-20-5-10-26-25(15-20)28(11-13-31(14-12-28)17-21-3-2-4-23(30)16-21)19-32(26)27(33)18-34-24-8-6-22(29)7-9-24/h2-10,15-16H,11-14,17-19H2,1H3. The zero-order valence-corrected chi connectivity index (χ0v) is 20.0. The number of nitrogens with zero attached hydrogens (tertiary/aromatic N) is 2. The molecule has 3 aromatic carbocycles. The highest BCUT2D eigenvalue weighted by molar-refractivity contribution is 6.30. The fourth-order valence-electron chi connectivity index (χ4n) is 5.22. The van der Waals surface area contributed by atoms with Gasteiger partial charge in [-0.05, 0) is 86.4 Å². The lowest BCUT2D eigenvalue weighted by Gasteiger charge is -2.40. The Morgan fingerprint density at radius 2 is 1.82 bits per heavy atom. The molecule has 2 aliphatic rings. The first kappa shape index (κ1) is 22.9. The first-order chi connectivity index (χ1) is 16.4. The fraction of sp³-hybridized carbons (Fsp3) is 0.321. The van der Waals surface area contributed by atoms with Crippen LogP contribution in [0.3, 0.4) is 0 Å². The van der Waals surface area contributed by atoms with Crippen molar-refractivity contribution >= 4 is 23.2 Å². The Morgan fingerprint density at radius 1 is 1.06 bits per heavy atom.